The number of ether oxygens (including phenoxy) is 2. The summed E-state index contributed by atoms with van der Waals surface area (Å²) in [6, 6.07) is 0. The Kier molecular flexibility index (Phi) is 3.82. The quantitative estimate of drug-likeness (QED) is 0.751. The van der Waals surface area contributed by atoms with E-state index in [-0.39, 0.29) is 0 Å². The second-order valence-electron chi connectivity index (χ2n) is 1.77. The molecule has 3 nitrogen and oxygen atoms in total. The van der Waals surface area contributed by atoms with Gasteiger partial charge in [-0.15, -0.1) is 0 Å². The SMILES string of the molecule is COCCOc1ncc(Br)s1. The molecule has 0 bridgehead atoms. The molecule has 0 amide bonds. The smallest absolute Gasteiger partial charge is 0.274 e. The Morgan fingerprint density at radius 2 is 2.45 bits per heavy atom. The van der Waals surface area contributed by atoms with Crippen LogP contribution in [-0.2, 0) is 4.74 Å². The van der Waals surface area contributed by atoms with Crippen molar-refractivity contribution in [2.24, 2.45) is 0 Å². The van der Waals surface area contributed by atoms with Crippen molar-refractivity contribution < 1.29 is 9.47 Å². The van der Waals surface area contributed by atoms with Gasteiger partial charge in [-0.1, -0.05) is 11.3 Å². The number of nitrogens with zero attached hydrogens (tertiary/aromatic N) is 1. The first-order valence-electron chi connectivity index (χ1n) is 3.06. The van der Waals surface area contributed by atoms with Gasteiger partial charge in [-0.05, 0) is 15.9 Å². The Hall–Kier alpha value is -0.130. The van der Waals surface area contributed by atoms with E-state index in [0.717, 1.165) is 3.79 Å². The molecule has 0 atom stereocenters. The molecule has 1 aromatic heterocycles. The van der Waals surface area contributed by atoms with Gasteiger partial charge >= 0.3 is 0 Å². The minimum atomic E-state index is 0.552. The van der Waals surface area contributed by atoms with Crippen molar-refractivity contribution in [3.63, 3.8) is 0 Å². The van der Waals surface area contributed by atoms with Crippen LogP contribution in [0.25, 0.3) is 0 Å². The average molecular weight is 238 g/mol. The maximum absolute atomic E-state index is 5.22. The molecule has 0 radical (unpaired) electrons. The lowest BCUT2D eigenvalue weighted by molar-refractivity contribution is 0.146. The van der Waals surface area contributed by atoms with Crippen molar-refractivity contribution >= 4 is 27.3 Å². The van der Waals surface area contributed by atoms with Crippen LogP contribution in [0.15, 0.2) is 9.98 Å². The molecule has 0 N–H and O–H groups in total. The molecule has 0 aromatic carbocycles. The van der Waals surface area contributed by atoms with E-state index in [4.69, 9.17) is 9.47 Å². The molecule has 11 heavy (non-hydrogen) atoms. The minimum Gasteiger partial charge on any atom is -0.468 e. The van der Waals surface area contributed by atoms with Gasteiger partial charge in [0, 0.05) is 7.11 Å². The summed E-state index contributed by atoms with van der Waals surface area (Å²) in [4.78, 5) is 3.98. The first-order chi connectivity index (χ1) is 5.33. The van der Waals surface area contributed by atoms with E-state index in [1.807, 2.05) is 0 Å². The van der Waals surface area contributed by atoms with E-state index in [9.17, 15) is 0 Å². The van der Waals surface area contributed by atoms with E-state index in [2.05, 4.69) is 20.9 Å². The van der Waals surface area contributed by atoms with Crippen LogP contribution in [0.3, 0.4) is 0 Å². The third-order valence-electron chi connectivity index (χ3n) is 0.969. The average Bonchev–Trinajstić information content (AvgIpc) is 2.37. The van der Waals surface area contributed by atoms with Crippen molar-refractivity contribution in [3.05, 3.63) is 9.98 Å². The second kappa shape index (κ2) is 4.69. The molecular weight excluding hydrogens is 230 g/mol. The zero-order valence-corrected chi connectivity index (χ0v) is 8.44. The first-order valence-corrected chi connectivity index (χ1v) is 4.67. The number of methoxy groups -OCH3 is 1. The van der Waals surface area contributed by atoms with Gasteiger partial charge in [-0.25, -0.2) is 4.98 Å². The highest BCUT2D eigenvalue weighted by Crippen LogP contribution is 2.24. The summed E-state index contributed by atoms with van der Waals surface area (Å²) in [5, 5.41) is 0.675. The largest absolute Gasteiger partial charge is 0.468 e. The van der Waals surface area contributed by atoms with Gasteiger partial charge in [-0.3, -0.25) is 0 Å². The fourth-order valence-corrected chi connectivity index (χ4v) is 1.56. The Balaban J connectivity index is 2.27. The number of thiazole rings is 1. The lowest BCUT2D eigenvalue weighted by Gasteiger charge is -1.98. The van der Waals surface area contributed by atoms with Crippen LogP contribution >= 0.6 is 27.3 Å². The summed E-state index contributed by atoms with van der Waals surface area (Å²) in [7, 11) is 1.64. The van der Waals surface area contributed by atoms with Gasteiger partial charge in [0.15, 0.2) is 0 Å². The molecule has 1 rings (SSSR count). The molecular formula is C6H8BrNO2S. The zero-order chi connectivity index (χ0) is 8.10. The highest BCUT2D eigenvalue weighted by atomic mass is 79.9. The van der Waals surface area contributed by atoms with Crippen LogP contribution in [0.1, 0.15) is 0 Å². The predicted molar refractivity (Wildman–Crippen MR) is 47.2 cm³/mol. The fourth-order valence-electron chi connectivity index (χ4n) is 0.519. The van der Waals surface area contributed by atoms with Crippen molar-refractivity contribution in [1.29, 1.82) is 0 Å². The lowest BCUT2D eigenvalue weighted by atomic mass is 10.8. The van der Waals surface area contributed by atoms with Gasteiger partial charge in [0.05, 0.1) is 16.6 Å². The predicted octanol–water partition coefficient (Wildman–Crippen LogP) is 1.93. The molecule has 0 unspecified atom stereocenters. The number of aromatic nitrogens is 1. The molecule has 0 spiro atoms. The topological polar surface area (TPSA) is 31.4 Å². The number of hydrogen-bond acceptors (Lipinski definition) is 4. The highest BCUT2D eigenvalue weighted by molar-refractivity contribution is 9.11. The highest BCUT2D eigenvalue weighted by Gasteiger charge is 1.98. The summed E-state index contributed by atoms with van der Waals surface area (Å²) < 4.78 is 11.0. The standard InChI is InChI=1S/C6H8BrNO2S/c1-9-2-3-10-6-8-4-5(7)11-6/h4H,2-3H2,1H3. The van der Waals surface area contributed by atoms with Gasteiger partial charge < -0.3 is 9.47 Å². The van der Waals surface area contributed by atoms with Crippen LogP contribution in [-0.4, -0.2) is 25.3 Å². The third kappa shape index (κ3) is 3.18. The monoisotopic (exact) mass is 237 g/mol. The number of halogens is 1. The molecule has 0 fully saturated rings. The van der Waals surface area contributed by atoms with Crippen LogP contribution in [0.5, 0.6) is 5.19 Å². The Bertz CT molecular complexity index is 216. The van der Waals surface area contributed by atoms with Crippen LogP contribution in [0.2, 0.25) is 0 Å². The summed E-state index contributed by atoms with van der Waals surface area (Å²) in [5.74, 6) is 0. The number of rotatable bonds is 4. The van der Waals surface area contributed by atoms with Crippen LogP contribution in [0, 0.1) is 0 Å². The first kappa shape index (κ1) is 8.96. The van der Waals surface area contributed by atoms with Gasteiger partial charge in [0.2, 0.25) is 0 Å². The number of hydrogen-bond donors (Lipinski definition) is 0. The van der Waals surface area contributed by atoms with E-state index >= 15 is 0 Å². The Morgan fingerprint density at radius 1 is 1.64 bits per heavy atom. The summed E-state index contributed by atoms with van der Waals surface area (Å²) >= 11 is 4.75. The molecule has 62 valence electrons. The maximum atomic E-state index is 5.22. The molecule has 0 aliphatic heterocycles. The fraction of sp³-hybridized carbons (Fsp3) is 0.500. The lowest BCUT2D eigenvalue weighted by Crippen LogP contribution is -2.03. The molecule has 0 saturated carbocycles. The Morgan fingerprint density at radius 3 is 3.00 bits per heavy atom. The second-order valence-corrected chi connectivity index (χ2v) is 4.14. The summed E-state index contributed by atoms with van der Waals surface area (Å²) in [5.41, 5.74) is 0. The summed E-state index contributed by atoms with van der Waals surface area (Å²) in [6.45, 7) is 1.15. The molecule has 1 heterocycles. The van der Waals surface area contributed by atoms with E-state index in [0.29, 0.717) is 18.4 Å². The molecule has 0 aliphatic carbocycles. The van der Waals surface area contributed by atoms with E-state index in [1.54, 1.807) is 13.3 Å². The molecule has 5 heteroatoms. The zero-order valence-electron chi connectivity index (χ0n) is 6.04. The van der Waals surface area contributed by atoms with Crippen molar-refractivity contribution in [1.82, 2.24) is 4.98 Å². The van der Waals surface area contributed by atoms with Gasteiger partial charge in [-0.2, -0.15) is 0 Å². The van der Waals surface area contributed by atoms with Crippen molar-refractivity contribution in [2.45, 2.75) is 0 Å². The minimum absolute atomic E-state index is 0.552. The maximum Gasteiger partial charge on any atom is 0.274 e. The van der Waals surface area contributed by atoms with Crippen LogP contribution in [0.4, 0.5) is 0 Å². The molecule has 1 aromatic rings. The molecule has 0 saturated heterocycles. The van der Waals surface area contributed by atoms with Gasteiger partial charge in [0.25, 0.3) is 5.19 Å². The van der Waals surface area contributed by atoms with Crippen LogP contribution < -0.4 is 4.74 Å². The van der Waals surface area contributed by atoms with Crippen molar-refractivity contribution in [3.8, 4) is 5.19 Å². The van der Waals surface area contributed by atoms with E-state index < -0.39 is 0 Å². The Labute approximate surface area is 77.5 Å². The van der Waals surface area contributed by atoms with E-state index in [1.165, 1.54) is 11.3 Å². The van der Waals surface area contributed by atoms with Gasteiger partial charge in [0.1, 0.15) is 6.61 Å². The normalized spacial score (nSPS) is 10.0. The third-order valence-corrected chi connectivity index (χ3v) is 2.36. The molecule has 0 aliphatic rings. The summed E-state index contributed by atoms with van der Waals surface area (Å²) in [6.07, 6.45) is 1.72. The van der Waals surface area contributed by atoms with Crippen molar-refractivity contribution in [2.75, 3.05) is 20.3 Å².